The van der Waals surface area contributed by atoms with Gasteiger partial charge in [-0.05, 0) is 67.6 Å². The highest BCUT2D eigenvalue weighted by molar-refractivity contribution is 5.94. The summed E-state index contributed by atoms with van der Waals surface area (Å²) in [6, 6.07) is 10.8. The minimum atomic E-state index is -1.60. The molecule has 6 rings (SSSR count). The van der Waals surface area contributed by atoms with Gasteiger partial charge in [0.1, 0.15) is 11.9 Å². The van der Waals surface area contributed by atoms with E-state index in [1.54, 1.807) is 42.3 Å². The minimum absolute atomic E-state index is 0.0412. The molecular formula is C30H26F4N6O2. The number of hydrogen-bond acceptors (Lipinski definition) is 5. The highest BCUT2D eigenvalue weighted by Gasteiger charge is 2.41. The lowest BCUT2D eigenvalue weighted by Gasteiger charge is -2.37. The number of anilines is 1. The Morgan fingerprint density at radius 3 is 2.36 bits per heavy atom. The molecule has 2 fully saturated rings. The Bertz CT molecular complexity index is 1650. The van der Waals surface area contributed by atoms with Crippen LogP contribution in [-0.2, 0) is 4.79 Å². The summed E-state index contributed by atoms with van der Waals surface area (Å²) in [6.45, 7) is 2.71. The largest absolute Gasteiger partial charge is 0.342 e. The normalized spacial score (nSPS) is 17.5. The van der Waals surface area contributed by atoms with Crippen molar-refractivity contribution in [3.63, 3.8) is 0 Å². The summed E-state index contributed by atoms with van der Waals surface area (Å²) in [7, 11) is 0. The molecule has 0 saturated carbocycles. The molecule has 0 radical (unpaired) electrons. The van der Waals surface area contributed by atoms with Gasteiger partial charge in [0.2, 0.25) is 5.91 Å². The van der Waals surface area contributed by atoms with E-state index in [2.05, 4.69) is 15.4 Å². The zero-order valence-corrected chi connectivity index (χ0v) is 22.5. The van der Waals surface area contributed by atoms with Gasteiger partial charge in [-0.15, -0.1) is 0 Å². The molecular weight excluding hydrogens is 552 g/mol. The Balaban J connectivity index is 1.23. The topological polar surface area (TPSA) is 83.4 Å². The van der Waals surface area contributed by atoms with Crippen LogP contribution in [0.2, 0.25) is 0 Å². The number of aromatic nitrogens is 3. The van der Waals surface area contributed by atoms with Crippen LogP contribution in [0, 0.1) is 36.1 Å². The number of nitrogens with zero attached hydrogens (tertiary/aromatic N) is 5. The van der Waals surface area contributed by atoms with Crippen molar-refractivity contribution >= 4 is 17.5 Å². The van der Waals surface area contributed by atoms with Crippen LogP contribution in [0.4, 0.5) is 23.2 Å². The van der Waals surface area contributed by atoms with Gasteiger partial charge in [-0.25, -0.2) is 22.2 Å². The molecule has 42 heavy (non-hydrogen) atoms. The number of piperidine rings is 1. The molecule has 2 saturated heterocycles. The van der Waals surface area contributed by atoms with E-state index < -0.39 is 23.5 Å². The highest BCUT2D eigenvalue weighted by atomic mass is 19.2. The molecule has 2 aliphatic rings. The van der Waals surface area contributed by atoms with E-state index in [4.69, 9.17) is 0 Å². The van der Waals surface area contributed by atoms with E-state index in [9.17, 15) is 27.2 Å². The van der Waals surface area contributed by atoms with Crippen molar-refractivity contribution < 1.29 is 27.2 Å². The lowest BCUT2D eigenvalue weighted by molar-refractivity contribution is -0.121. The van der Waals surface area contributed by atoms with Crippen LogP contribution in [0.25, 0.3) is 16.9 Å². The molecule has 1 unspecified atom stereocenters. The molecule has 1 N–H and O–H groups in total. The van der Waals surface area contributed by atoms with Gasteiger partial charge in [-0.1, -0.05) is 0 Å². The zero-order valence-electron chi connectivity index (χ0n) is 22.5. The lowest BCUT2D eigenvalue weighted by Crippen LogP contribution is -2.47. The van der Waals surface area contributed by atoms with E-state index in [-0.39, 0.29) is 34.9 Å². The number of amides is 2. The molecule has 0 spiro atoms. The predicted molar refractivity (Wildman–Crippen MR) is 146 cm³/mol. The SMILES string of the molecule is Cc1cc(N2CNC(=O)C2C2CCN(C(=O)c3cc(-c4cccnc4)n(-c4cc(F)c(F)c(F)c4)n3)CC2)ccc1F. The van der Waals surface area contributed by atoms with Crippen LogP contribution < -0.4 is 10.2 Å². The monoisotopic (exact) mass is 578 g/mol. The number of benzene rings is 2. The van der Waals surface area contributed by atoms with Gasteiger partial charge in [0.15, 0.2) is 23.1 Å². The molecule has 2 aromatic carbocycles. The van der Waals surface area contributed by atoms with Gasteiger partial charge in [-0.2, -0.15) is 5.10 Å². The number of rotatable bonds is 5. The third-order valence-corrected chi connectivity index (χ3v) is 7.87. The number of carbonyl (C=O) groups excluding carboxylic acids is 2. The van der Waals surface area contributed by atoms with Crippen molar-refractivity contribution in [3.8, 4) is 16.9 Å². The van der Waals surface area contributed by atoms with E-state index >= 15 is 0 Å². The molecule has 4 aromatic rings. The van der Waals surface area contributed by atoms with Crippen molar-refractivity contribution in [2.24, 2.45) is 5.92 Å². The fourth-order valence-electron chi connectivity index (χ4n) is 5.68. The maximum absolute atomic E-state index is 14.1. The Kier molecular flexibility index (Phi) is 7.13. The first-order valence-corrected chi connectivity index (χ1v) is 13.5. The maximum atomic E-state index is 14.1. The van der Waals surface area contributed by atoms with Gasteiger partial charge >= 0.3 is 0 Å². The van der Waals surface area contributed by atoms with Crippen LogP contribution in [0.1, 0.15) is 28.9 Å². The van der Waals surface area contributed by atoms with Gasteiger partial charge in [0, 0.05) is 48.9 Å². The van der Waals surface area contributed by atoms with Crippen molar-refractivity contribution in [2.75, 3.05) is 24.7 Å². The zero-order chi connectivity index (χ0) is 29.5. The third-order valence-electron chi connectivity index (χ3n) is 7.87. The van der Waals surface area contributed by atoms with Gasteiger partial charge < -0.3 is 15.1 Å². The summed E-state index contributed by atoms with van der Waals surface area (Å²) in [5.41, 5.74) is 2.07. The Labute approximate surface area is 238 Å². The minimum Gasteiger partial charge on any atom is -0.342 e. The summed E-state index contributed by atoms with van der Waals surface area (Å²) in [6.07, 6.45) is 4.17. The number of hydrogen-bond donors (Lipinski definition) is 1. The summed E-state index contributed by atoms with van der Waals surface area (Å²) < 4.78 is 56.9. The average Bonchev–Trinajstić information content (AvgIpc) is 3.62. The average molecular weight is 579 g/mol. The molecule has 12 heteroatoms. The number of aryl methyl sites for hydroxylation is 1. The molecule has 0 aliphatic carbocycles. The molecule has 0 bridgehead atoms. The summed E-state index contributed by atoms with van der Waals surface area (Å²) >= 11 is 0. The number of carbonyl (C=O) groups is 2. The van der Waals surface area contributed by atoms with Gasteiger partial charge in [0.05, 0.1) is 18.1 Å². The van der Waals surface area contributed by atoms with Crippen molar-refractivity contribution in [2.45, 2.75) is 25.8 Å². The predicted octanol–water partition coefficient (Wildman–Crippen LogP) is 4.61. The lowest BCUT2D eigenvalue weighted by atomic mass is 9.88. The van der Waals surface area contributed by atoms with Gasteiger partial charge in [-0.3, -0.25) is 14.6 Å². The maximum Gasteiger partial charge on any atom is 0.274 e. The molecule has 2 aliphatic heterocycles. The first-order valence-electron chi connectivity index (χ1n) is 13.5. The van der Waals surface area contributed by atoms with Crippen molar-refractivity contribution in [1.82, 2.24) is 25.0 Å². The quantitative estimate of drug-likeness (QED) is 0.276. The molecule has 4 heterocycles. The first kappa shape index (κ1) is 27.4. The van der Waals surface area contributed by atoms with Gasteiger partial charge in [0.25, 0.3) is 5.91 Å². The molecule has 216 valence electrons. The fraction of sp³-hybridized carbons (Fsp3) is 0.267. The second kappa shape index (κ2) is 10.9. The van der Waals surface area contributed by atoms with Crippen LogP contribution in [0.5, 0.6) is 0 Å². The Morgan fingerprint density at radius 2 is 1.69 bits per heavy atom. The number of pyridine rings is 1. The molecule has 2 aromatic heterocycles. The summed E-state index contributed by atoms with van der Waals surface area (Å²) in [5.74, 6) is -5.22. The number of nitrogens with one attached hydrogen (secondary N) is 1. The van der Waals surface area contributed by atoms with Crippen LogP contribution in [-0.4, -0.2) is 57.3 Å². The van der Waals surface area contributed by atoms with E-state index in [0.29, 0.717) is 49.4 Å². The van der Waals surface area contributed by atoms with Crippen LogP contribution in [0.3, 0.4) is 0 Å². The van der Waals surface area contributed by atoms with Crippen LogP contribution >= 0.6 is 0 Å². The summed E-state index contributed by atoms with van der Waals surface area (Å²) in [4.78, 5) is 34.0. The van der Waals surface area contributed by atoms with E-state index in [1.165, 1.54) is 23.0 Å². The molecule has 1 atom stereocenters. The number of likely N-dealkylation sites (tertiary alicyclic amines) is 1. The van der Waals surface area contributed by atoms with E-state index in [1.807, 2.05) is 4.90 Å². The van der Waals surface area contributed by atoms with Crippen molar-refractivity contribution in [1.29, 1.82) is 0 Å². The first-order chi connectivity index (χ1) is 20.2. The smallest absolute Gasteiger partial charge is 0.274 e. The van der Waals surface area contributed by atoms with E-state index in [0.717, 1.165) is 17.8 Å². The summed E-state index contributed by atoms with van der Waals surface area (Å²) in [5, 5.41) is 7.24. The highest BCUT2D eigenvalue weighted by Crippen LogP contribution is 2.32. The molecule has 8 nitrogen and oxygen atoms in total. The van der Waals surface area contributed by atoms with Crippen molar-refractivity contribution in [3.05, 3.63) is 95.5 Å². The second-order valence-corrected chi connectivity index (χ2v) is 10.5. The third kappa shape index (κ3) is 4.97. The van der Waals surface area contributed by atoms with Crippen LogP contribution in [0.15, 0.2) is 60.9 Å². The standard InChI is InChI=1S/C30H26F4N6O2/c1-17-11-20(4-5-22(17)31)39-16-36-29(41)28(39)18-6-9-38(10-7-18)30(42)25-14-26(19-3-2-8-35-15-19)40(37-25)21-12-23(32)27(34)24(33)13-21/h2-5,8,11-15,18,28H,6-7,9-10,16H2,1H3,(H,36,41). The Hall–Kier alpha value is -4.74. The Morgan fingerprint density at radius 1 is 0.952 bits per heavy atom. The fourth-order valence-corrected chi connectivity index (χ4v) is 5.68. The second-order valence-electron chi connectivity index (χ2n) is 10.5. The number of halogens is 4. The molecule has 2 amide bonds.